The Morgan fingerprint density at radius 2 is 1.86 bits per heavy atom. The third-order valence-corrected chi connectivity index (χ3v) is 3.34. The maximum atomic E-state index is 12.1. The molecule has 3 aromatic rings. The Labute approximate surface area is 126 Å². The SMILES string of the molecule is O=C1CC(=Nc2nc3ccccc3o2)NN1c1ccccc1. The van der Waals surface area contributed by atoms with E-state index in [2.05, 4.69) is 15.4 Å². The molecule has 4 rings (SSSR count). The van der Waals surface area contributed by atoms with E-state index in [0.717, 1.165) is 11.2 Å². The number of hydrogen-bond acceptors (Lipinski definition) is 4. The number of oxazole rings is 1. The van der Waals surface area contributed by atoms with Crippen molar-refractivity contribution >= 4 is 34.5 Å². The molecule has 1 amide bonds. The molecule has 1 N–H and O–H groups in total. The van der Waals surface area contributed by atoms with E-state index in [9.17, 15) is 4.79 Å². The van der Waals surface area contributed by atoms with Gasteiger partial charge < -0.3 is 4.42 Å². The number of anilines is 1. The molecule has 0 aliphatic carbocycles. The second kappa shape index (κ2) is 5.00. The van der Waals surface area contributed by atoms with Gasteiger partial charge in [0.1, 0.15) is 11.4 Å². The maximum absolute atomic E-state index is 12.1. The molecule has 1 aromatic heterocycles. The van der Waals surface area contributed by atoms with E-state index >= 15 is 0 Å². The zero-order valence-corrected chi connectivity index (χ0v) is 11.6. The van der Waals surface area contributed by atoms with Gasteiger partial charge >= 0.3 is 6.01 Å². The molecular formula is C16H12N4O2. The zero-order chi connectivity index (χ0) is 14.9. The molecule has 1 aliphatic rings. The van der Waals surface area contributed by atoms with Crippen LogP contribution in [0, 0.1) is 0 Å². The quantitative estimate of drug-likeness (QED) is 0.788. The van der Waals surface area contributed by atoms with Crippen molar-refractivity contribution in [1.29, 1.82) is 0 Å². The number of para-hydroxylation sites is 3. The highest BCUT2D eigenvalue weighted by atomic mass is 16.4. The molecule has 22 heavy (non-hydrogen) atoms. The van der Waals surface area contributed by atoms with Gasteiger partial charge in [-0.3, -0.25) is 10.2 Å². The predicted octanol–water partition coefficient (Wildman–Crippen LogP) is 2.80. The summed E-state index contributed by atoms with van der Waals surface area (Å²) < 4.78 is 5.54. The first-order valence-electron chi connectivity index (χ1n) is 6.87. The summed E-state index contributed by atoms with van der Waals surface area (Å²) >= 11 is 0. The van der Waals surface area contributed by atoms with Crippen LogP contribution in [0.4, 0.5) is 11.7 Å². The Kier molecular flexibility index (Phi) is 2.86. The molecule has 6 nitrogen and oxygen atoms in total. The van der Waals surface area contributed by atoms with E-state index in [0.29, 0.717) is 11.4 Å². The van der Waals surface area contributed by atoms with E-state index in [-0.39, 0.29) is 18.3 Å². The number of aliphatic imine (C=N–C) groups is 1. The lowest BCUT2D eigenvalue weighted by Crippen LogP contribution is -2.35. The van der Waals surface area contributed by atoms with Gasteiger partial charge in [0.25, 0.3) is 5.91 Å². The van der Waals surface area contributed by atoms with Crippen molar-refractivity contribution < 1.29 is 9.21 Å². The molecule has 1 aliphatic heterocycles. The van der Waals surface area contributed by atoms with Gasteiger partial charge in [-0.15, -0.1) is 0 Å². The molecule has 0 atom stereocenters. The van der Waals surface area contributed by atoms with Gasteiger partial charge in [-0.05, 0) is 24.3 Å². The number of benzene rings is 2. The first kappa shape index (κ1) is 12.6. The van der Waals surface area contributed by atoms with Crippen LogP contribution in [0.25, 0.3) is 11.1 Å². The van der Waals surface area contributed by atoms with Gasteiger partial charge in [-0.1, -0.05) is 30.3 Å². The fourth-order valence-electron chi connectivity index (χ4n) is 2.33. The third kappa shape index (κ3) is 2.20. The average Bonchev–Trinajstić information content (AvgIpc) is 3.11. The molecule has 1 fully saturated rings. The predicted molar refractivity (Wildman–Crippen MR) is 82.8 cm³/mol. The number of hydrogen-bond donors (Lipinski definition) is 1. The van der Waals surface area contributed by atoms with Crippen LogP contribution in [-0.2, 0) is 4.79 Å². The lowest BCUT2D eigenvalue weighted by Gasteiger charge is -2.15. The van der Waals surface area contributed by atoms with Gasteiger partial charge in [-0.25, -0.2) is 5.01 Å². The second-order valence-electron chi connectivity index (χ2n) is 4.88. The Balaban J connectivity index is 1.62. The van der Waals surface area contributed by atoms with Crippen molar-refractivity contribution in [1.82, 2.24) is 10.4 Å². The van der Waals surface area contributed by atoms with Crippen molar-refractivity contribution in [3.05, 3.63) is 54.6 Å². The fourth-order valence-corrected chi connectivity index (χ4v) is 2.33. The number of aromatic nitrogens is 1. The highest BCUT2D eigenvalue weighted by Crippen LogP contribution is 2.22. The van der Waals surface area contributed by atoms with Crippen LogP contribution in [0.15, 0.2) is 64.0 Å². The molecule has 0 spiro atoms. The molecule has 0 saturated carbocycles. The first-order chi connectivity index (χ1) is 10.8. The summed E-state index contributed by atoms with van der Waals surface area (Å²) in [6.45, 7) is 0. The summed E-state index contributed by atoms with van der Waals surface area (Å²) in [6.07, 6.45) is 0.188. The van der Waals surface area contributed by atoms with Crippen molar-refractivity contribution in [2.45, 2.75) is 6.42 Å². The maximum Gasteiger partial charge on any atom is 0.324 e. The number of nitrogens with zero attached hydrogens (tertiary/aromatic N) is 3. The molecule has 1 saturated heterocycles. The van der Waals surface area contributed by atoms with Crippen molar-refractivity contribution in [2.24, 2.45) is 4.99 Å². The smallest absolute Gasteiger partial charge is 0.324 e. The number of amidine groups is 1. The van der Waals surface area contributed by atoms with Crippen LogP contribution >= 0.6 is 0 Å². The van der Waals surface area contributed by atoms with E-state index in [1.165, 1.54) is 5.01 Å². The molecule has 0 unspecified atom stereocenters. The van der Waals surface area contributed by atoms with Crippen molar-refractivity contribution in [2.75, 3.05) is 5.01 Å². The van der Waals surface area contributed by atoms with E-state index < -0.39 is 0 Å². The van der Waals surface area contributed by atoms with Crippen molar-refractivity contribution in [3.8, 4) is 0 Å². The monoisotopic (exact) mass is 292 g/mol. The summed E-state index contributed by atoms with van der Waals surface area (Å²) in [6, 6.07) is 17.0. The largest absolute Gasteiger partial charge is 0.422 e. The minimum absolute atomic E-state index is 0.0685. The number of hydrazine groups is 1. The molecule has 2 aromatic carbocycles. The molecular weight excluding hydrogens is 280 g/mol. The van der Waals surface area contributed by atoms with E-state index in [1.807, 2.05) is 54.6 Å². The Bertz CT molecular complexity index is 837. The topological polar surface area (TPSA) is 70.7 Å². The Morgan fingerprint density at radius 3 is 2.68 bits per heavy atom. The minimum atomic E-state index is -0.0685. The van der Waals surface area contributed by atoms with Gasteiger partial charge in [-0.2, -0.15) is 9.98 Å². The van der Waals surface area contributed by atoms with E-state index in [1.54, 1.807) is 0 Å². The Hall–Kier alpha value is -3.15. The van der Waals surface area contributed by atoms with Crippen LogP contribution in [0.1, 0.15) is 6.42 Å². The molecule has 6 heteroatoms. The molecule has 0 bridgehead atoms. The van der Waals surface area contributed by atoms with Crippen molar-refractivity contribution in [3.63, 3.8) is 0 Å². The highest BCUT2D eigenvalue weighted by Gasteiger charge is 2.27. The summed E-state index contributed by atoms with van der Waals surface area (Å²) in [4.78, 5) is 20.6. The number of rotatable bonds is 2. The highest BCUT2D eigenvalue weighted by molar-refractivity contribution is 6.14. The van der Waals surface area contributed by atoms with Crippen LogP contribution in [-0.4, -0.2) is 16.7 Å². The van der Waals surface area contributed by atoms with Crippen LogP contribution in [0.5, 0.6) is 0 Å². The molecule has 2 heterocycles. The third-order valence-electron chi connectivity index (χ3n) is 3.34. The Morgan fingerprint density at radius 1 is 1.09 bits per heavy atom. The molecule has 0 radical (unpaired) electrons. The van der Waals surface area contributed by atoms with Crippen LogP contribution in [0.2, 0.25) is 0 Å². The lowest BCUT2D eigenvalue weighted by atomic mass is 10.3. The molecule has 108 valence electrons. The van der Waals surface area contributed by atoms with Gasteiger partial charge in [0.2, 0.25) is 0 Å². The van der Waals surface area contributed by atoms with Gasteiger partial charge in [0.05, 0.1) is 12.1 Å². The van der Waals surface area contributed by atoms with Gasteiger partial charge in [0.15, 0.2) is 5.58 Å². The lowest BCUT2D eigenvalue weighted by molar-refractivity contribution is -0.116. The number of carbonyl (C=O) groups excluding carboxylic acids is 1. The van der Waals surface area contributed by atoms with Crippen LogP contribution in [0.3, 0.4) is 0 Å². The summed E-state index contributed by atoms with van der Waals surface area (Å²) in [5, 5.41) is 1.47. The number of nitrogens with one attached hydrogen (secondary N) is 1. The summed E-state index contributed by atoms with van der Waals surface area (Å²) in [5.74, 6) is 0.446. The zero-order valence-electron chi connectivity index (χ0n) is 11.6. The van der Waals surface area contributed by atoms with Crippen LogP contribution < -0.4 is 10.4 Å². The summed E-state index contributed by atoms with van der Waals surface area (Å²) in [7, 11) is 0. The minimum Gasteiger partial charge on any atom is -0.422 e. The van der Waals surface area contributed by atoms with E-state index in [4.69, 9.17) is 4.42 Å². The fraction of sp³-hybridized carbons (Fsp3) is 0.0625. The number of carbonyl (C=O) groups is 1. The summed E-state index contributed by atoms with van der Waals surface area (Å²) in [5.41, 5.74) is 5.17. The first-order valence-corrected chi connectivity index (χ1v) is 6.87. The van der Waals surface area contributed by atoms with Gasteiger partial charge in [0, 0.05) is 0 Å². The normalized spacial score (nSPS) is 16.5. The number of fused-ring (bicyclic) bond motifs is 1. The average molecular weight is 292 g/mol. The standard InChI is InChI=1S/C16H12N4O2/c21-15-10-14(19-20(15)11-6-2-1-3-7-11)18-16-17-12-8-4-5-9-13(12)22-16/h1-9H,10H2,(H,17,18,19). The second-order valence-corrected chi connectivity index (χ2v) is 4.88. The number of amides is 1.